The van der Waals surface area contributed by atoms with Gasteiger partial charge in [0, 0.05) is 28.8 Å². The number of hydrogen-bond donors (Lipinski definition) is 1. The van der Waals surface area contributed by atoms with Crippen LogP contribution in [0.3, 0.4) is 0 Å². The SMILES string of the molecule is COC(=O)c1ccc(-n2c(C)cc(C=NNC(=O)c3cccnc3Cl)c2C)c(C)c1. The van der Waals surface area contributed by atoms with Crippen LogP contribution in [0.1, 0.15) is 43.2 Å². The Bertz CT molecular complexity index is 1150. The summed E-state index contributed by atoms with van der Waals surface area (Å²) in [5.41, 5.74) is 7.88. The first kappa shape index (κ1) is 21.3. The predicted octanol–water partition coefficient (Wildman–Crippen LogP) is 4.00. The molecule has 0 spiro atoms. The number of methoxy groups -OCH3 is 1. The van der Waals surface area contributed by atoms with Gasteiger partial charge in [-0.25, -0.2) is 15.2 Å². The van der Waals surface area contributed by atoms with E-state index in [-0.39, 0.29) is 16.7 Å². The number of nitrogens with one attached hydrogen (secondary N) is 1. The number of carbonyl (C=O) groups is 2. The molecule has 154 valence electrons. The van der Waals surface area contributed by atoms with Gasteiger partial charge in [0.25, 0.3) is 5.91 Å². The Kier molecular flexibility index (Phi) is 6.32. The summed E-state index contributed by atoms with van der Waals surface area (Å²) in [4.78, 5) is 27.8. The van der Waals surface area contributed by atoms with E-state index in [0.29, 0.717) is 5.56 Å². The molecule has 0 unspecified atom stereocenters. The molecule has 1 N–H and O–H groups in total. The van der Waals surface area contributed by atoms with Crippen molar-refractivity contribution in [1.82, 2.24) is 15.0 Å². The Morgan fingerprint density at radius 2 is 1.97 bits per heavy atom. The summed E-state index contributed by atoms with van der Waals surface area (Å²) in [6, 6.07) is 10.6. The lowest BCUT2D eigenvalue weighted by atomic mass is 10.1. The van der Waals surface area contributed by atoms with Crippen LogP contribution < -0.4 is 5.43 Å². The minimum absolute atomic E-state index is 0.120. The highest BCUT2D eigenvalue weighted by atomic mass is 35.5. The predicted molar refractivity (Wildman–Crippen MR) is 116 cm³/mol. The molecule has 30 heavy (non-hydrogen) atoms. The molecule has 2 aromatic heterocycles. The zero-order valence-electron chi connectivity index (χ0n) is 17.1. The van der Waals surface area contributed by atoms with Gasteiger partial charge in [0.05, 0.1) is 24.5 Å². The first-order chi connectivity index (χ1) is 14.3. The van der Waals surface area contributed by atoms with Gasteiger partial charge in [-0.2, -0.15) is 5.10 Å². The Morgan fingerprint density at radius 3 is 2.63 bits per heavy atom. The van der Waals surface area contributed by atoms with E-state index in [9.17, 15) is 9.59 Å². The lowest BCUT2D eigenvalue weighted by molar-refractivity contribution is 0.0600. The van der Waals surface area contributed by atoms with Crippen LogP contribution in [0.25, 0.3) is 5.69 Å². The zero-order chi connectivity index (χ0) is 21.8. The number of carbonyl (C=O) groups excluding carboxylic acids is 2. The summed E-state index contributed by atoms with van der Waals surface area (Å²) < 4.78 is 6.85. The number of aromatic nitrogens is 2. The average Bonchev–Trinajstić information content (AvgIpc) is 3.01. The minimum Gasteiger partial charge on any atom is -0.465 e. The van der Waals surface area contributed by atoms with Gasteiger partial charge in [-0.1, -0.05) is 11.6 Å². The maximum atomic E-state index is 12.2. The van der Waals surface area contributed by atoms with Crippen molar-refractivity contribution in [2.45, 2.75) is 20.8 Å². The molecule has 0 aliphatic rings. The van der Waals surface area contributed by atoms with Crippen molar-refractivity contribution in [1.29, 1.82) is 0 Å². The van der Waals surface area contributed by atoms with Crippen LogP contribution in [0.5, 0.6) is 0 Å². The Hall–Kier alpha value is -3.45. The lowest BCUT2D eigenvalue weighted by Gasteiger charge is -2.13. The summed E-state index contributed by atoms with van der Waals surface area (Å²) >= 11 is 5.93. The van der Waals surface area contributed by atoms with E-state index in [1.54, 1.807) is 30.5 Å². The number of benzene rings is 1. The van der Waals surface area contributed by atoms with E-state index < -0.39 is 5.91 Å². The van der Waals surface area contributed by atoms with E-state index in [4.69, 9.17) is 16.3 Å². The Morgan fingerprint density at radius 1 is 1.20 bits per heavy atom. The normalized spacial score (nSPS) is 11.0. The molecule has 0 aliphatic heterocycles. The number of ether oxygens (including phenoxy) is 1. The molecule has 1 amide bonds. The highest BCUT2D eigenvalue weighted by Gasteiger charge is 2.14. The van der Waals surface area contributed by atoms with Gasteiger partial charge >= 0.3 is 5.97 Å². The third-order valence-electron chi connectivity index (χ3n) is 4.70. The second kappa shape index (κ2) is 8.92. The molecule has 1 aromatic carbocycles. The standard InChI is InChI=1S/C22H21ClN4O3/c1-13-10-16(22(29)30-4)7-8-19(13)27-14(2)11-17(15(27)3)12-25-26-21(28)18-6-5-9-24-20(18)23/h5-12H,1-4H3,(H,26,28). The highest BCUT2D eigenvalue weighted by molar-refractivity contribution is 6.32. The topological polar surface area (TPSA) is 85.6 Å². The molecule has 2 heterocycles. The monoisotopic (exact) mass is 424 g/mol. The van der Waals surface area contributed by atoms with Crippen LogP contribution in [-0.4, -0.2) is 34.8 Å². The summed E-state index contributed by atoms with van der Waals surface area (Å²) in [5.74, 6) is -0.810. The van der Waals surface area contributed by atoms with Crippen molar-refractivity contribution in [3.05, 3.63) is 81.4 Å². The maximum absolute atomic E-state index is 12.2. The number of rotatable bonds is 5. The van der Waals surface area contributed by atoms with Gasteiger partial charge in [-0.3, -0.25) is 4.79 Å². The summed E-state index contributed by atoms with van der Waals surface area (Å²) in [7, 11) is 1.36. The summed E-state index contributed by atoms with van der Waals surface area (Å²) in [5, 5.41) is 4.17. The quantitative estimate of drug-likeness (QED) is 0.290. The molecule has 0 saturated heterocycles. The highest BCUT2D eigenvalue weighted by Crippen LogP contribution is 2.23. The van der Waals surface area contributed by atoms with Gasteiger partial charge in [-0.15, -0.1) is 0 Å². The molecule has 8 heteroatoms. The second-order valence-electron chi connectivity index (χ2n) is 6.70. The van der Waals surface area contributed by atoms with E-state index in [1.807, 2.05) is 32.9 Å². The third-order valence-corrected chi connectivity index (χ3v) is 5.00. The molecule has 0 bridgehead atoms. The van der Waals surface area contributed by atoms with Gasteiger partial charge in [0.1, 0.15) is 5.15 Å². The zero-order valence-corrected chi connectivity index (χ0v) is 17.8. The first-order valence-corrected chi connectivity index (χ1v) is 9.53. The van der Waals surface area contributed by atoms with Crippen LogP contribution in [0.15, 0.2) is 47.7 Å². The number of hydrazone groups is 1. The van der Waals surface area contributed by atoms with Crippen LogP contribution in [0, 0.1) is 20.8 Å². The van der Waals surface area contributed by atoms with E-state index >= 15 is 0 Å². The van der Waals surface area contributed by atoms with E-state index in [1.165, 1.54) is 13.3 Å². The Balaban J connectivity index is 1.84. The fraction of sp³-hybridized carbons (Fsp3) is 0.182. The first-order valence-electron chi connectivity index (χ1n) is 9.15. The molecular formula is C22H21ClN4O3. The number of esters is 1. The van der Waals surface area contributed by atoms with Crippen molar-refractivity contribution in [2.75, 3.05) is 7.11 Å². The van der Waals surface area contributed by atoms with Crippen molar-refractivity contribution in [3.8, 4) is 5.69 Å². The average molecular weight is 425 g/mol. The molecule has 0 radical (unpaired) electrons. The molecule has 7 nitrogen and oxygen atoms in total. The van der Waals surface area contributed by atoms with Gasteiger partial charge in [-0.05, 0) is 62.7 Å². The van der Waals surface area contributed by atoms with Gasteiger partial charge in [0.15, 0.2) is 0 Å². The number of amides is 1. The van der Waals surface area contributed by atoms with Gasteiger partial charge < -0.3 is 9.30 Å². The van der Waals surface area contributed by atoms with Crippen molar-refractivity contribution in [3.63, 3.8) is 0 Å². The molecule has 0 aliphatic carbocycles. The number of nitrogens with zero attached hydrogens (tertiary/aromatic N) is 3. The van der Waals surface area contributed by atoms with Crippen molar-refractivity contribution < 1.29 is 14.3 Å². The summed E-state index contributed by atoms with van der Waals surface area (Å²) in [6.45, 7) is 5.88. The largest absolute Gasteiger partial charge is 0.465 e. The fourth-order valence-electron chi connectivity index (χ4n) is 3.22. The third kappa shape index (κ3) is 4.26. The van der Waals surface area contributed by atoms with Crippen LogP contribution in [0.2, 0.25) is 5.15 Å². The molecule has 3 rings (SSSR count). The fourth-order valence-corrected chi connectivity index (χ4v) is 3.42. The minimum atomic E-state index is -0.438. The van der Waals surface area contributed by atoms with Crippen LogP contribution in [0.4, 0.5) is 0 Å². The Labute approximate surface area is 179 Å². The van der Waals surface area contributed by atoms with Crippen LogP contribution >= 0.6 is 11.6 Å². The summed E-state index contributed by atoms with van der Waals surface area (Å²) in [6.07, 6.45) is 3.09. The molecule has 0 saturated carbocycles. The lowest BCUT2D eigenvalue weighted by Crippen LogP contribution is -2.18. The number of pyridine rings is 1. The van der Waals surface area contributed by atoms with E-state index in [2.05, 4.69) is 20.1 Å². The van der Waals surface area contributed by atoms with E-state index in [0.717, 1.165) is 28.2 Å². The molecule has 0 atom stereocenters. The molecule has 0 fully saturated rings. The van der Waals surface area contributed by atoms with Crippen molar-refractivity contribution >= 4 is 29.7 Å². The van der Waals surface area contributed by atoms with Crippen LogP contribution in [-0.2, 0) is 4.74 Å². The number of aryl methyl sites for hydroxylation is 2. The molecular weight excluding hydrogens is 404 g/mol. The maximum Gasteiger partial charge on any atom is 0.337 e. The number of halogens is 1. The van der Waals surface area contributed by atoms with Crippen molar-refractivity contribution in [2.24, 2.45) is 5.10 Å². The number of hydrogen-bond acceptors (Lipinski definition) is 5. The van der Waals surface area contributed by atoms with Gasteiger partial charge in [0.2, 0.25) is 0 Å². The second-order valence-corrected chi connectivity index (χ2v) is 7.05. The smallest absolute Gasteiger partial charge is 0.337 e. The molecule has 3 aromatic rings.